The number of aromatic nitrogens is 2. The lowest BCUT2D eigenvalue weighted by Crippen LogP contribution is -2.12. The fourth-order valence-electron chi connectivity index (χ4n) is 1.85. The topological polar surface area (TPSA) is 43.0 Å². The Labute approximate surface area is 112 Å². The maximum absolute atomic E-state index is 5.36. The monoisotopic (exact) mass is 265 g/mol. The second-order valence-corrected chi connectivity index (χ2v) is 5.11. The molecule has 0 saturated heterocycles. The van der Waals surface area contributed by atoms with Gasteiger partial charge < -0.3 is 9.73 Å². The molecule has 0 bridgehead atoms. The van der Waals surface area contributed by atoms with E-state index in [1.54, 1.807) is 18.0 Å². The number of nitrogens with zero attached hydrogens (tertiary/aromatic N) is 2. The number of rotatable bonds is 6. The van der Waals surface area contributed by atoms with E-state index in [1.807, 2.05) is 23.9 Å². The smallest absolute Gasteiger partial charge is 0.114 e. The number of hydrogen-bond donors (Lipinski definition) is 1. The molecule has 0 radical (unpaired) electrons. The van der Waals surface area contributed by atoms with Crippen LogP contribution in [-0.2, 0) is 19.3 Å². The molecule has 2 aromatic rings. The first-order valence-corrected chi connectivity index (χ1v) is 7.09. The lowest BCUT2D eigenvalue weighted by atomic mass is 10.2. The van der Waals surface area contributed by atoms with E-state index >= 15 is 0 Å². The third-order valence-electron chi connectivity index (χ3n) is 2.77. The largest absolute Gasteiger partial charge is 0.468 e. The predicted octanol–water partition coefficient (Wildman–Crippen LogP) is 2.72. The maximum atomic E-state index is 5.36. The second kappa shape index (κ2) is 6.11. The van der Waals surface area contributed by atoms with E-state index in [-0.39, 0.29) is 0 Å². The summed E-state index contributed by atoms with van der Waals surface area (Å²) in [6, 6.07) is 3.92. The van der Waals surface area contributed by atoms with E-state index < -0.39 is 0 Å². The van der Waals surface area contributed by atoms with Crippen molar-refractivity contribution in [3.05, 3.63) is 35.4 Å². The van der Waals surface area contributed by atoms with Crippen LogP contribution < -0.4 is 5.32 Å². The fraction of sp³-hybridized carbons (Fsp3) is 0.462. The van der Waals surface area contributed by atoms with Crippen molar-refractivity contribution in [3.8, 4) is 0 Å². The van der Waals surface area contributed by atoms with Crippen LogP contribution in [0.15, 0.2) is 27.8 Å². The van der Waals surface area contributed by atoms with Gasteiger partial charge in [0.2, 0.25) is 0 Å². The van der Waals surface area contributed by atoms with Gasteiger partial charge in [0.1, 0.15) is 5.76 Å². The van der Waals surface area contributed by atoms with E-state index in [2.05, 4.69) is 24.3 Å². The van der Waals surface area contributed by atoms with E-state index in [0.717, 1.165) is 30.3 Å². The zero-order valence-corrected chi connectivity index (χ0v) is 11.9. The lowest BCUT2D eigenvalue weighted by Gasteiger charge is -2.06. The van der Waals surface area contributed by atoms with Crippen molar-refractivity contribution in [1.82, 2.24) is 15.1 Å². The molecule has 0 aliphatic heterocycles. The van der Waals surface area contributed by atoms with Crippen molar-refractivity contribution >= 4 is 11.8 Å². The van der Waals surface area contributed by atoms with E-state index in [0.29, 0.717) is 0 Å². The van der Waals surface area contributed by atoms with Crippen LogP contribution >= 0.6 is 11.8 Å². The van der Waals surface area contributed by atoms with Gasteiger partial charge >= 0.3 is 0 Å². The number of hydrogen-bond acceptors (Lipinski definition) is 4. The minimum absolute atomic E-state index is 0.838. The van der Waals surface area contributed by atoms with Gasteiger partial charge in [0.15, 0.2) is 0 Å². The molecular formula is C13H19N3OS. The van der Waals surface area contributed by atoms with Gasteiger partial charge in [0, 0.05) is 19.2 Å². The van der Waals surface area contributed by atoms with Crippen LogP contribution in [0.5, 0.6) is 0 Å². The zero-order chi connectivity index (χ0) is 13.0. The molecule has 1 N–H and O–H groups in total. The number of thioether (sulfide) groups is 1. The van der Waals surface area contributed by atoms with Gasteiger partial charge in [-0.05, 0) is 25.6 Å². The zero-order valence-electron chi connectivity index (χ0n) is 11.1. The molecule has 0 amide bonds. The normalized spacial score (nSPS) is 11.1. The molecule has 98 valence electrons. The Morgan fingerprint density at radius 3 is 3.00 bits per heavy atom. The highest BCUT2D eigenvalue weighted by molar-refractivity contribution is 7.98. The molecular weight excluding hydrogens is 246 g/mol. The Morgan fingerprint density at radius 1 is 1.50 bits per heavy atom. The van der Waals surface area contributed by atoms with Gasteiger partial charge in [-0.2, -0.15) is 5.10 Å². The molecule has 0 unspecified atom stereocenters. The van der Waals surface area contributed by atoms with Gasteiger partial charge in [-0.1, -0.05) is 18.7 Å². The summed E-state index contributed by atoms with van der Waals surface area (Å²) in [7, 11) is 1.99. The van der Waals surface area contributed by atoms with Gasteiger partial charge in [0.05, 0.1) is 22.7 Å². The van der Waals surface area contributed by atoms with Crippen molar-refractivity contribution in [2.45, 2.75) is 31.2 Å². The number of nitrogens with one attached hydrogen (secondary N) is 1. The summed E-state index contributed by atoms with van der Waals surface area (Å²) in [5, 5.41) is 9.06. The molecule has 0 saturated carbocycles. The average molecular weight is 265 g/mol. The first-order valence-electron chi connectivity index (χ1n) is 6.10. The minimum Gasteiger partial charge on any atom is -0.468 e. The fourth-order valence-corrected chi connectivity index (χ4v) is 2.91. The van der Waals surface area contributed by atoms with Gasteiger partial charge in [0.25, 0.3) is 0 Å². The Morgan fingerprint density at radius 2 is 2.33 bits per heavy atom. The molecule has 0 atom stereocenters. The standard InChI is InChI=1S/C13H19N3OS/c1-4-14-8-12-10(2)15-16(3)13(12)18-9-11-6-5-7-17-11/h5-7,14H,4,8-9H2,1-3H3. The molecule has 0 aliphatic carbocycles. The Bertz CT molecular complexity index is 491. The van der Waals surface area contributed by atoms with Crippen LogP contribution in [0.2, 0.25) is 0 Å². The highest BCUT2D eigenvalue weighted by Gasteiger charge is 2.13. The van der Waals surface area contributed by atoms with Crippen molar-refractivity contribution in [3.63, 3.8) is 0 Å². The van der Waals surface area contributed by atoms with E-state index in [1.165, 1.54) is 10.6 Å². The Kier molecular flexibility index (Phi) is 4.49. The molecule has 0 spiro atoms. The SMILES string of the molecule is CCNCc1c(C)nn(C)c1SCc1ccco1. The molecule has 0 fully saturated rings. The minimum atomic E-state index is 0.838. The number of furan rings is 1. The highest BCUT2D eigenvalue weighted by Crippen LogP contribution is 2.28. The summed E-state index contributed by atoms with van der Waals surface area (Å²) in [5.74, 6) is 1.83. The van der Waals surface area contributed by atoms with Gasteiger partial charge in [-0.3, -0.25) is 4.68 Å². The quantitative estimate of drug-likeness (QED) is 0.816. The van der Waals surface area contributed by atoms with Gasteiger partial charge in [-0.25, -0.2) is 0 Å². The Hall–Kier alpha value is -1.20. The maximum Gasteiger partial charge on any atom is 0.114 e. The Balaban J connectivity index is 2.10. The van der Waals surface area contributed by atoms with Crippen LogP contribution in [0.4, 0.5) is 0 Å². The average Bonchev–Trinajstić information content (AvgIpc) is 2.93. The van der Waals surface area contributed by atoms with Crippen LogP contribution in [-0.4, -0.2) is 16.3 Å². The van der Waals surface area contributed by atoms with E-state index in [9.17, 15) is 0 Å². The van der Waals surface area contributed by atoms with Crippen LogP contribution in [0.3, 0.4) is 0 Å². The van der Waals surface area contributed by atoms with Crippen LogP contribution in [0.25, 0.3) is 0 Å². The van der Waals surface area contributed by atoms with E-state index in [4.69, 9.17) is 4.42 Å². The van der Waals surface area contributed by atoms with Crippen molar-refractivity contribution in [1.29, 1.82) is 0 Å². The molecule has 5 heteroatoms. The van der Waals surface area contributed by atoms with Crippen molar-refractivity contribution in [2.75, 3.05) is 6.54 Å². The summed E-state index contributed by atoms with van der Waals surface area (Å²) in [6.45, 7) is 6.01. The lowest BCUT2D eigenvalue weighted by molar-refractivity contribution is 0.530. The highest BCUT2D eigenvalue weighted by atomic mass is 32.2. The molecule has 4 nitrogen and oxygen atoms in total. The number of aryl methyl sites for hydroxylation is 2. The third-order valence-corrected chi connectivity index (χ3v) is 3.98. The van der Waals surface area contributed by atoms with Crippen molar-refractivity contribution < 1.29 is 4.42 Å². The van der Waals surface area contributed by atoms with Crippen LogP contribution in [0, 0.1) is 6.92 Å². The molecule has 2 aromatic heterocycles. The summed E-state index contributed by atoms with van der Waals surface area (Å²) < 4.78 is 7.31. The third kappa shape index (κ3) is 2.97. The summed E-state index contributed by atoms with van der Waals surface area (Å²) in [5.41, 5.74) is 2.39. The summed E-state index contributed by atoms with van der Waals surface area (Å²) >= 11 is 1.77. The molecule has 0 aliphatic rings. The molecule has 18 heavy (non-hydrogen) atoms. The van der Waals surface area contributed by atoms with Crippen LogP contribution in [0.1, 0.15) is 23.9 Å². The second-order valence-electron chi connectivity index (χ2n) is 4.14. The first-order chi connectivity index (χ1) is 8.72. The summed E-state index contributed by atoms with van der Waals surface area (Å²) in [4.78, 5) is 0. The molecule has 2 heterocycles. The predicted molar refractivity (Wildman–Crippen MR) is 73.6 cm³/mol. The van der Waals surface area contributed by atoms with Gasteiger partial charge in [-0.15, -0.1) is 0 Å². The summed E-state index contributed by atoms with van der Waals surface area (Å²) in [6.07, 6.45) is 1.71. The van der Waals surface area contributed by atoms with Crippen molar-refractivity contribution in [2.24, 2.45) is 7.05 Å². The molecule has 2 rings (SSSR count). The molecule has 0 aromatic carbocycles. The first kappa shape index (κ1) is 13.2.